The standard InChI is InChI=1S/C19H24F4N8O5/c20-13-5-11(29-8-12(36-19(29)34)7-26-18(33)17(22)23)6-14(21)16(13)28-1-2-30(35-4-3-28)15(32)9-31(25)27-10-24/h5-6,10,12,17H,1-4,7-9,25H2,(H2,24,27)(H,26,33)/t12-/m0/s1. The Morgan fingerprint density at radius 2 is 1.94 bits per heavy atom. The fourth-order valence-electron chi connectivity index (χ4n) is 3.55. The summed E-state index contributed by atoms with van der Waals surface area (Å²) >= 11 is 0. The Hall–Kier alpha value is -3.86. The SMILES string of the molecule is N/C=N\N(N)CC(=O)N1CCN(c2c(F)cc(N3C[C@H](CNC(=O)C(F)F)OC3=O)cc2F)CCO1. The lowest BCUT2D eigenvalue weighted by atomic mass is 10.2. The van der Waals surface area contributed by atoms with Gasteiger partial charge in [-0.15, -0.1) is 0 Å². The molecule has 3 amide bonds. The molecule has 2 aliphatic heterocycles. The average molecular weight is 520 g/mol. The van der Waals surface area contributed by atoms with Gasteiger partial charge in [-0.25, -0.2) is 29.6 Å². The number of nitrogens with zero attached hydrogens (tertiary/aromatic N) is 5. The molecule has 1 aromatic carbocycles. The number of rotatable bonds is 8. The third kappa shape index (κ3) is 6.42. The van der Waals surface area contributed by atoms with Crippen molar-refractivity contribution in [3.8, 4) is 0 Å². The van der Waals surface area contributed by atoms with Crippen LogP contribution in [0.1, 0.15) is 0 Å². The number of benzene rings is 1. The number of alkyl halides is 2. The van der Waals surface area contributed by atoms with Crippen LogP contribution in [0.3, 0.4) is 0 Å². The van der Waals surface area contributed by atoms with Gasteiger partial charge in [0.2, 0.25) is 0 Å². The van der Waals surface area contributed by atoms with Crippen molar-refractivity contribution in [3.63, 3.8) is 0 Å². The van der Waals surface area contributed by atoms with Gasteiger partial charge in [-0.2, -0.15) is 13.9 Å². The number of halogens is 4. The first-order chi connectivity index (χ1) is 17.1. The zero-order valence-corrected chi connectivity index (χ0v) is 18.8. The third-order valence-corrected chi connectivity index (χ3v) is 5.18. The number of hydroxylamine groups is 2. The minimum absolute atomic E-state index is 0.0152. The van der Waals surface area contributed by atoms with E-state index in [2.05, 4.69) is 5.10 Å². The van der Waals surface area contributed by atoms with Crippen molar-refractivity contribution < 1.29 is 41.5 Å². The lowest BCUT2D eigenvalue weighted by Gasteiger charge is -2.24. The zero-order valence-electron chi connectivity index (χ0n) is 18.8. The summed E-state index contributed by atoms with van der Waals surface area (Å²) in [5.74, 6) is 1.42. The predicted molar refractivity (Wildman–Crippen MR) is 116 cm³/mol. The van der Waals surface area contributed by atoms with Crippen LogP contribution >= 0.6 is 0 Å². The molecule has 2 heterocycles. The second kappa shape index (κ2) is 11.7. The fraction of sp³-hybridized carbons (Fsp3) is 0.474. The molecule has 2 fully saturated rings. The van der Waals surface area contributed by atoms with Gasteiger partial charge in [-0.3, -0.25) is 19.3 Å². The summed E-state index contributed by atoms with van der Waals surface area (Å²) in [6.07, 6.45) is -4.27. The molecule has 3 rings (SSSR count). The van der Waals surface area contributed by atoms with Crippen molar-refractivity contribution in [1.82, 2.24) is 15.5 Å². The first kappa shape index (κ1) is 26.7. The number of hydrogen-bond donors (Lipinski definition) is 3. The van der Waals surface area contributed by atoms with Crippen molar-refractivity contribution in [2.75, 3.05) is 55.7 Å². The van der Waals surface area contributed by atoms with E-state index in [-0.39, 0.29) is 45.0 Å². The molecular weight excluding hydrogens is 496 g/mol. The largest absolute Gasteiger partial charge is 0.442 e. The van der Waals surface area contributed by atoms with Crippen molar-refractivity contribution in [1.29, 1.82) is 0 Å². The first-order valence-electron chi connectivity index (χ1n) is 10.6. The van der Waals surface area contributed by atoms with Crippen LogP contribution in [-0.4, -0.2) is 92.8 Å². The van der Waals surface area contributed by atoms with E-state index >= 15 is 0 Å². The molecule has 0 radical (unpaired) electrons. The van der Waals surface area contributed by atoms with Crippen LogP contribution in [0.2, 0.25) is 0 Å². The molecule has 2 saturated heterocycles. The summed E-state index contributed by atoms with van der Waals surface area (Å²) in [5.41, 5.74) is 4.55. The monoisotopic (exact) mass is 520 g/mol. The minimum atomic E-state index is -3.23. The van der Waals surface area contributed by atoms with Crippen LogP contribution in [0.5, 0.6) is 0 Å². The van der Waals surface area contributed by atoms with Crippen LogP contribution in [0.15, 0.2) is 17.2 Å². The highest BCUT2D eigenvalue weighted by Crippen LogP contribution is 2.31. The molecule has 1 aromatic rings. The second-order valence-electron chi connectivity index (χ2n) is 7.60. The fourth-order valence-corrected chi connectivity index (χ4v) is 3.55. The van der Waals surface area contributed by atoms with Crippen molar-refractivity contribution in [2.45, 2.75) is 12.5 Å². The number of cyclic esters (lactones) is 1. The van der Waals surface area contributed by atoms with Crippen LogP contribution < -0.4 is 26.7 Å². The highest BCUT2D eigenvalue weighted by molar-refractivity contribution is 5.90. The molecular formula is C19H24F4N8O5. The van der Waals surface area contributed by atoms with Gasteiger partial charge in [0.05, 0.1) is 31.9 Å². The summed E-state index contributed by atoms with van der Waals surface area (Å²) in [5, 5.41) is 7.23. The minimum Gasteiger partial charge on any atom is -0.442 e. The van der Waals surface area contributed by atoms with Crippen molar-refractivity contribution in [2.24, 2.45) is 16.7 Å². The first-order valence-corrected chi connectivity index (χ1v) is 10.6. The molecule has 0 unspecified atom stereocenters. The lowest BCUT2D eigenvalue weighted by Crippen LogP contribution is -2.42. The van der Waals surface area contributed by atoms with Gasteiger partial charge >= 0.3 is 12.5 Å². The normalized spacial score (nSPS) is 18.6. The van der Waals surface area contributed by atoms with Gasteiger partial charge < -0.3 is 20.7 Å². The maximum Gasteiger partial charge on any atom is 0.414 e. The van der Waals surface area contributed by atoms with Gasteiger partial charge in [-0.05, 0) is 0 Å². The topological polar surface area (TPSA) is 159 Å². The van der Waals surface area contributed by atoms with Gasteiger partial charge in [0.15, 0.2) is 11.6 Å². The van der Waals surface area contributed by atoms with Crippen LogP contribution in [0.25, 0.3) is 0 Å². The van der Waals surface area contributed by atoms with Gasteiger partial charge in [0, 0.05) is 25.2 Å². The zero-order chi connectivity index (χ0) is 26.4. The van der Waals surface area contributed by atoms with Crippen molar-refractivity contribution >= 4 is 35.6 Å². The summed E-state index contributed by atoms with van der Waals surface area (Å²) in [7, 11) is 0. The molecule has 2 aliphatic rings. The number of nitrogens with one attached hydrogen (secondary N) is 1. The molecule has 0 bridgehead atoms. The van der Waals surface area contributed by atoms with E-state index in [4.69, 9.17) is 21.2 Å². The van der Waals surface area contributed by atoms with E-state index < -0.39 is 54.3 Å². The molecule has 198 valence electrons. The van der Waals surface area contributed by atoms with Gasteiger partial charge in [0.25, 0.3) is 11.8 Å². The quantitative estimate of drug-likeness (QED) is 0.133. The number of amides is 3. The Balaban J connectivity index is 1.65. The molecule has 36 heavy (non-hydrogen) atoms. The Morgan fingerprint density at radius 3 is 2.58 bits per heavy atom. The third-order valence-electron chi connectivity index (χ3n) is 5.18. The van der Waals surface area contributed by atoms with Crippen LogP contribution in [-0.2, 0) is 19.2 Å². The van der Waals surface area contributed by atoms with E-state index in [1.54, 1.807) is 0 Å². The number of anilines is 2. The van der Waals surface area contributed by atoms with Gasteiger partial charge in [0.1, 0.15) is 24.7 Å². The molecule has 0 spiro atoms. The Bertz CT molecular complexity index is 993. The van der Waals surface area contributed by atoms with E-state index in [9.17, 15) is 31.9 Å². The van der Waals surface area contributed by atoms with Gasteiger partial charge in [-0.1, -0.05) is 0 Å². The van der Waals surface area contributed by atoms with E-state index in [0.717, 1.165) is 33.6 Å². The van der Waals surface area contributed by atoms with E-state index in [1.165, 1.54) is 4.90 Å². The van der Waals surface area contributed by atoms with Crippen LogP contribution in [0.4, 0.5) is 33.7 Å². The highest BCUT2D eigenvalue weighted by atomic mass is 19.3. The predicted octanol–water partition coefficient (Wildman–Crippen LogP) is -0.671. The van der Waals surface area contributed by atoms with Crippen LogP contribution in [0, 0.1) is 11.6 Å². The van der Waals surface area contributed by atoms with E-state index in [1.807, 2.05) is 5.32 Å². The Kier molecular flexibility index (Phi) is 8.70. The molecule has 17 heteroatoms. The molecule has 0 aromatic heterocycles. The Labute approximate surface area is 202 Å². The second-order valence-corrected chi connectivity index (χ2v) is 7.60. The number of hydrazone groups is 1. The molecule has 0 saturated carbocycles. The number of hydrazine groups is 1. The number of carbonyl (C=O) groups is 3. The maximum absolute atomic E-state index is 15.0. The smallest absolute Gasteiger partial charge is 0.414 e. The molecule has 5 N–H and O–H groups in total. The summed E-state index contributed by atoms with van der Waals surface area (Å²) < 4.78 is 59.6. The maximum atomic E-state index is 15.0. The average Bonchev–Trinajstić information content (AvgIpc) is 3.01. The number of carbonyl (C=O) groups excluding carboxylic acids is 3. The molecule has 13 nitrogen and oxygen atoms in total. The van der Waals surface area contributed by atoms with E-state index in [0.29, 0.717) is 0 Å². The number of ether oxygens (including phenoxy) is 1. The number of hydrogen-bond acceptors (Lipinski definition) is 9. The summed E-state index contributed by atoms with van der Waals surface area (Å²) in [6.45, 7) is -1.00. The number of nitrogens with two attached hydrogens (primary N) is 2. The lowest BCUT2D eigenvalue weighted by molar-refractivity contribution is -0.183. The molecule has 1 atom stereocenters. The highest BCUT2D eigenvalue weighted by Gasteiger charge is 2.34. The molecule has 0 aliphatic carbocycles. The summed E-state index contributed by atoms with van der Waals surface area (Å²) in [4.78, 5) is 43.0. The summed E-state index contributed by atoms with van der Waals surface area (Å²) in [6, 6.07) is 1.84. The van der Waals surface area contributed by atoms with Crippen molar-refractivity contribution in [3.05, 3.63) is 23.8 Å². The Morgan fingerprint density at radius 1 is 1.25 bits per heavy atom.